The average Bonchev–Trinajstić information content (AvgIpc) is 0.801. The fourth-order valence-corrected chi connectivity index (χ4v) is 15.7. The minimum atomic E-state index is -4.62. The van der Waals surface area contributed by atoms with Crippen molar-refractivity contribution in [3.8, 4) is 41.1 Å². The average molecular weight is 1770 g/mol. The van der Waals surface area contributed by atoms with E-state index in [1.165, 1.54) is 42.9 Å². The SMILES string of the molecule is CC(F)(F)c1cc[n+]([O-])cc1CCc1ncc(C#N)c(N[C@@H]2CC[C@H](O)C(C)(C)C2)n1.CC1(C)C[C@H](Nc2nc(NCc3cccnc3-c3ccc(F)cc3)ncc2C(F)(F)F)CC[C@@H]1O.CC1(C)C[C@H](Nc2nc(NCc3cccnc3C(F)(F)F)ncc2C#N)CC[C@@H]1O.Cc1cccc(Oc2ncccc2CNc2ncc(C#N)c(NC3CCC(O)CC3)n2)c1. The number of hydrogen-bond acceptors (Lipinski definition) is 27. The molecule has 8 aromatic heterocycles. The smallest absolute Gasteiger partial charge is 0.433 e. The third-order valence-electron chi connectivity index (χ3n) is 23.0. The molecule has 4 aliphatic carbocycles. The van der Waals surface area contributed by atoms with Crippen molar-refractivity contribution in [1.82, 2.24) is 54.8 Å². The van der Waals surface area contributed by atoms with Crippen molar-refractivity contribution in [3.05, 3.63) is 225 Å². The Balaban J connectivity index is 0.000000166. The maximum Gasteiger partial charge on any atom is 0.433 e. The van der Waals surface area contributed by atoms with E-state index < -0.39 is 47.2 Å². The third kappa shape index (κ3) is 26.7. The van der Waals surface area contributed by atoms with Crippen molar-refractivity contribution in [2.75, 3.05) is 37.2 Å². The molecule has 4 saturated carbocycles. The number of nitriles is 3. The van der Waals surface area contributed by atoms with Gasteiger partial charge in [-0.1, -0.05) is 71.9 Å². The number of aliphatic hydroxyl groups excluding tert-OH is 4. The zero-order valence-electron chi connectivity index (χ0n) is 71.9. The number of benzene rings is 2. The van der Waals surface area contributed by atoms with Crippen molar-refractivity contribution < 1.29 is 69.4 Å². The van der Waals surface area contributed by atoms with Crippen molar-refractivity contribution in [2.24, 2.45) is 16.2 Å². The van der Waals surface area contributed by atoms with Crippen LogP contribution in [0.15, 0.2) is 147 Å². The maximum absolute atomic E-state index is 13.9. The van der Waals surface area contributed by atoms with Crippen LogP contribution in [0.2, 0.25) is 0 Å². The van der Waals surface area contributed by atoms with Crippen LogP contribution in [0.1, 0.15) is 199 Å². The number of aromatic nitrogens is 12. The molecule has 0 unspecified atom stereocenters. The fourth-order valence-electron chi connectivity index (χ4n) is 15.7. The van der Waals surface area contributed by atoms with Crippen LogP contribution in [0.3, 0.4) is 0 Å². The molecule has 28 nitrogen and oxygen atoms in total. The summed E-state index contributed by atoms with van der Waals surface area (Å²) in [6, 6.07) is 31.1. The quantitative estimate of drug-likeness (QED) is 0.0152. The molecule has 8 heterocycles. The highest BCUT2D eigenvalue weighted by molar-refractivity contribution is 5.64. The van der Waals surface area contributed by atoms with E-state index in [2.05, 4.69) is 104 Å². The number of pyridine rings is 4. The van der Waals surface area contributed by atoms with E-state index >= 15 is 0 Å². The van der Waals surface area contributed by atoms with Crippen molar-refractivity contribution in [3.63, 3.8) is 0 Å². The minimum absolute atomic E-state index is 0.00778. The lowest BCUT2D eigenvalue weighted by atomic mass is 9.73. The number of halogens is 9. The van der Waals surface area contributed by atoms with Crippen LogP contribution < -0.4 is 46.7 Å². The van der Waals surface area contributed by atoms with Gasteiger partial charge in [0.1, 0.15) is 86.8 Å². The molecule has 6 atom stereocenters. The summed E-state index contributed by atoms with van der Waals surface area (Å²) in [7, 11) is 0. The first-order valence-electron chi connectivity index (χ1n) is 42.0. The summed E-state index contributed by atoms with van der Waals surface area (Å²) in [5.41, 5.74) is 2.13. The van der Waals surface area contributed by atoms with Gasteiger partial charge in [0, 0.05) is 116 Å². The molecule has 128 heavy (non-hydrogen) atoms. The predicted molar refractivity (Wildman–Crippen MR) is 461 cm³/mol. The number of ether oxygens (including phenoxy) is 1. The number of aryl methyl sites for hydroxylation is 3. The number of rotatable bonds is 24. The van der Waals surface area contributed by atoms with Gasteiger partial charge in [-0.05, 0) is 179 Å². The highest BCUT2D eigenvalue weighted by Gasteiger charge is 2.42. The molecule has 0 spiro atoms. The van der Waals surface area contributed by atoms with E-state index in [1.807, 2.05) is 97.0 Å². The summed E-state index contributed by atoms with van der Waals surface area (Å²) >= 11 is 0. The summed E-state index contributed by atoms with van der Waals surface area (Å²) in [5.74, 6) is -0.331. The summed E-state index contributed by atoms with van der Waals surface area (Å²) in [5, 5.41) is 102. The molecule has 4 fully saturated rings. The van der Waals surface area contributed by atoms with Gasteiger partial charge in [-0.2, -0.15) is 61.8 Å². The van der Waals surface area contributed by atoms with Gasteiger partial charge in [-0.25, -0.2) is 43.1 Å². The number of aliphatic hydroxyl groups is 4. The zero-order valence-corrected chi connectivity index (χ0v) is 71.9. The van der Waals surface area contributed by atoms with Crippen LogP contribution in [0.25, 0.3) is 11.3 Å². The van der Waals surface area contributed by atoms with Crippen LogP contribution in [0, 0.1) is 68.2 Å². The summed E-state index contributed by atoms with van der Waals surface area (Å²) in [4.78, 5) is 45.9. The molecule has 676 valence electrons. The molecule has 37 heteroatoms. The summed E-state index contributed by atoms with van der Waals surface area (Å²) < 4.78 is 128. The minimum Gasteiger partial charge on any atom is -0.619 e. The van der Waals surface area contributed by atoms with E-state index in [0.717, 1.165) is 98.7 Å². The highest BCUT2D eigenvalue weighted by atomic mass is 19.4. The number of hydrogen-bond donors (Lipinski definition) is 11. The Kier molecular flexibility index (Phi) is 31.6. The highest BCUT2D eigenvalue weighted by Crippen LogP contribution is 2.43. The van der Waals surface area contributed by atoms with Crippen molar-refractivity contribution in [2.45, 2.75) is 238 Å². The largest absolute Gasteiger partial charge is 0.619 e. The van der Waals surface area contributed by atoms with Crippen LogP contribution >= 0.6 is 0 Å². The Morgan fingerprint density at radius 2 is 0.945 bits per heavy atom. The first-order chi connectivity index (χ1) is 60.7. The molecule has 14 rings (SSSR count). The third-order valence-corrected chi connectivity index (χ3v) is 23.0. The predicted octanol–water partition coefficient (Wildman–Crippen LogP) is 16.8. The van der Waals surface area contributed by atoms with E-state index in [0.29, 0.717) is 114 Å². The molecule has 0 amide bonds. The second-order valence-corrected chi connectivity index (χ2v) is 34.4. The molecule has 4 aliphatic rings. The lowest BCUT2D eigenvalue weighted by Gasteiger charge is -2.40. The molecule has 0 aliphatic heterocycles. The van der Waals surface area contributed by atoms with Gasteiger partial charge in [-0.3, -0.25) is 9.97 Å². The van der Waals surface area contributed by atoms with Gasteiger partial charge in [0.25, 0.3) is 5.92 Å². The Hall–Kier alpha value is -12.8. The van der Waals surface area contributed by atoms with Crippen LogP contribution in [-0.2, 0) is 50.8 Å². The Labute approximate surface area is 735 Å². The van der Waals surface area contributed by atoms with Crippen molar-refractivity contribution >= 4 is 41.1 Å². The van der Waals surface area contributed by atoms with Gasteiger partial charge in [0.15, 0.2) is 12.4 Å². The van der Waals surface area contributed by atoms with Crippen LogP contribution in [-0.4, -0.2) is 124 Å². The van der Waals surface area contributed by atoms with Crippen LogP contribution in [0.4, 0.5) is 80.6 Å². The monoisotopic (exact) mass is 1770 g/mol. The molecular weight excluding hydrogens is 1670 g/mol. The fraction of sp³-hybridized carbons (Fsp3) is 0.440. The molecule has 10 aromatic rings. The number of nitrogens with one attached hydrogen (secondary N) is 7. The van der Waals surface area contributed by atoms with E-state index in [-0.39, 0.29) is 119 Å². The first kappa shape index (κ1) is 95.9. The second-order valence-electron chi connectivity index (χ2n) is 34.4. The van der Waals surface area contributed by atoms with E-state index in [4.69, 9.17) is 4.74 Å². The van der Waals surface area contributed by atoms with Gasteiger partial charge in [-0.15, -0.1) is 0 Å². The topological polar surface area (TPSA) is 414 Å². The van der Waals surface area contributed by atoms with E-state index in [1.54, 1.807) is 30.6 Å². The Morgan fingerprint density at radius 3 is 1.46 bits per heavy atom. The van der Waals surface area contributed by atoms with Gasteiger partial charge in [0.05, 0.1) is 48.7 Å². The lowest BCUT2D eigenvalue weighted by Crippen LogP contribution is -2.41. The Morgan fingerprint density at radius 1 is 0.484 bits per heavy atom. The van der Waals surface area contributed by atoms with Gasteiger partial charge >= 0.3 is 12.4 Å². The molecular formula is C91H103F9N22O6. The van der Waals surface area contributed by atoms with Crippen molar-refractivity contribution in [1.29, 1.82) is 15.8 Å². The van der Waals surface area contributed by atoms with Gasteiger partial charge < -0.3 is 67.6 Å². The standard InChI is InChI=1S/C25H27F4N5O.C24H26N6O2.C22H27F2N5O2.C20H23F3N6O/c1-24(2)12-18(9-10-20(24)35)33-22-19(25(27,28)29)14-32-23(34-22)31-13-16-4-3-11-30-21(16)15-5-7-17(26)8-6-15;1-16-4-2-6-21(12-16)32-23-17(5-3-11-26-23)14-27-24-28-15-18(13-25)22(30-24)29-19-7-9-20(31)10-8-19;1-21(2)10-16(5-6-18(21)30)27-20-15(11-25)12-26-19(28-20)7-4-14-13-29(31)9-8-17(14)22(3,23)24;1-19(2)8-14(5-6-15(19)30)28-17-13(9-24)11-27-18(29-17)26-10-12-4-3-7-25-16(12)20(21,22)23/h3-8,11,14,18,20,35H,9-10,12-13H2,1-2H3,(H2,31,32,33,34);2-6,11-12,15,19-20,31H,7-10,14H2,1H3,(H2,27,28,29,30);8-9,12-13,16,18,30H,4-7,10H2,1-3H3,(H,26,27,28);3-4,7,11,14-15,30H,5-6,8,10H2,1-2H3,(H2,26,27,28,29)/t18-,20+;;16-,18+;14-,15+/m1.11/s1. The molecule has 0 bridgehead atoms. The first-order valence-corrected chi connectivity index (χ1v) is 42.0. The molecule has 0 radical (unpaired) electrons. The normalized spacial score (nSPS) is 19.9. The maximum atomic E-state index is 13.9. The van der Waals surface area contributed by atoms with E-state index in [9.17, 15) is 80.9 Å². The number of alkyl halides is 8. The molecule has 11 N–H and O–H groups in total. The number of nitrogens with zero attached hydrogens (tertiary/aromatic N) is 15. The van der Waals surface area contributed by atoms with Gasteiger partial charge in [0.2, 0.25) is 23.7 Å². The summed E-state index contributed by atoms with van der Waals surface area (Å²) in [6.07, 6.45) is 10.2. The lowest BCUT2D eigenvalue weighted by molar-refractivity contribution is -0.606. The second kappa shape index (κ2) is 42.2. The summed E-state index contributed by atoms with van der Waals surface area (Å²) in [6.45, 7) is 15.0. The molecule has 2 aromatic carbocycles. The Bertz CT molecular complexity index is 5550. The van der Waals surface area contributed by atoms with Crippen LogP contribution in [0.5, 0.6) is 11.6 Å². The zero-order chi connectivity index (χ0) is 92.3. The molecule has 0 saturated heterocycles. The number of anilines is 7.